The number of carboxylic acid groups (broad SMARTS) is 1. The standard InChI is InChI=1S/C13H12N2O3/c16-13(17)11-5-3-6-12(15-11)18-9-7-10-4-1-2-8-14-10/h1-6,8H,7,9H2,(H,16,17). The molecule has 0 aliphatic heterocycles. The third-order valence-corrected chi connectivity index (χ3v) is 2.28. The number of aromatic carboxylic acids is 1. The van der Waals surface area contributed by atoms with Gasteiger partial charge in [0.1, 0.15) is 0 Å². The van der Waals surface area contributed by atoms with Gasteiger partial charge in [0, 0.05) is 24.4 Å². The van der Waals surface area contributed by atoms with Crippen LogP contribution in [0.5, 0.6) is 5.88 Å². The van der Waals surface area contributed by atoms with Crippen LogP contribution in [0.3, 0.4) is 0 Å². The second kappa shape index (κ2) is 5.77. The zero-order valence-electron chi connectivity index (χ0n) is 9.61. The predicted octanol–water partition coefficient (Wildman–Crippen LogP) is 1.80. The van der Waals surface area contributed by atoms with Gasteiger partial charge in [0.2, 0.25) is 5.88 Å². The van der Waals surface area contributed by atoms with Gasteiger partial charge in [-0.2, -0.15) is 0 Å². The maximum Gasteiger partial charge on any atom is 0.354 e. The van der Waals surface area contributed by atoms with Crippen LogP contribution in [-0.4, -0.2) is 27.7 Å². The molecule has 18 heavy (non-hydrogen) atoms. The van der Waals surface area contributed by atoms with Gasteiger partial charge in [0.25, 0.3) is 0 Å². The van der Waals surface area contributed by atoms with E-state index in [0.717, 1.165) is 5.69 Å². The van der Waals surface area contributed by atoms with Gasteiger partial charge in [-0.3, -0.25) is 4.98 Å². The van der Waals surface area contributed by atoms with Crippen molar-refractivity contribution < 1.29 is 14.6 Å². The Bertz CT molecular complexity index is 529. The van der Waals surface area contributed by atoms with Crippen molar-refractivity contribution in [1.82, 2.24) is 9.97 Å². The summed E-state index contributed by atoms with van der Waals surface area (Å²) in [6, 6.07) is 10.3. The van der Waals surface area contributed by atoms with Crippen LogP contribution in [0, 0.1) is 0 Å². The highest BCUT2D eigenvalue weighted by Crippen LogP contribution is 2.08. The van der Waals surface area contributed by atoms with E-state index in [4.69, 9.17) is 9.84 Å². The third-order valence-electron chi connectivity index (χ3n) is 2.28. The topological polar surface area (TPSA) is 72.3 Å². The lowest BCUT2D eigenvalue weighted by molar-refractivity contribution is 0.0689. The first-order chi connectivity index (χ1) is 8.75. The smallest absolute Gasteiger partial charge is 0.354 e. The molecule has 1 N–H and O–H groups in total. The molecule has 0 spiro atoms. The number of carbonyl (C=O) groups is 1. The lowest BCUT2D eigenvalue weighted by Gasteiger charge is -2.05. The fraction of sp³-hybridized carbons (Fsp3) is 0.154. The molecule has 0 unspecified atom stereocenters. The fourth-order valence-corrected chi connectivity index (χ4v) is 1.42. The van der Waals surface area contributed by atoms with Gasteiger partial charge in [-0.1, -0.05) is 12.1 Å². The highest BCUT2D eigenvalue weighted by Gasteiger charge is 2.05. The Morgan fingerprint density at radius 3 is 2.83 bits per heavy atom. The number of aromatic nitrogens is 2. The van der Waals surface area contributed by atoms with Crippen molar-refractivity contribution >= 4 is 5.97 Å². The summed E-state index contributed by atoms with van der Waals surface area (Å²) in [6.07, 6.45) is 2.37. The van der Waals surface area contributed by atoms with Gasteiger partial charge in [0.05, 0.1) is 6.61 Å². The first-order valence-electron chi connectivity index (χ1n) is 5.49. The van der Waals surface area contributed by atoms with E-state index in [-0.39, 0.29) is 5.69 Å². The number of hydrogen-bond donors (Lipinski definition) is 1. The average molecular weight is 244 g/mol. The summed E-state index contributed by atoms with van der Waals surface area (Å²) in [5.41, 5.74) is 0.900. The third kappa shape index (κ3) is 3.28. The van der Waals surface area contributed by atoms with Crippen LogP contribution in [-0.2, 0) is 6.42 Å². The Morgan fingerprint density at radius 1 is 1.22 bits per heavy atom. The van der Waals surface area contributed by atoms with Crippen molar-refractivity contribution in [2.75, 3.05) is 6.61 Å². The molecule has 2 aromatic rings. The molecule has 92 valence electrons. The van der Waals surface area contributed by atoms with Gasteiger partial charge < -0.3 is 9.84 Å². The Hall–Kier alpha value is -2.43. The highest BCUT2D eigenvalue weighted by molar-refractivity contribution is 5.85. The molecular formula is C13H12N2O3. The molecule has 0 fully saturated rings. The largest absolute Gasteiger partial charge is 0.477 e. The average Bonchev–Trinajstić information content (AvgIpc) is 2.40. The summed E-state index contributed by atoms with van der Waals surface area (Å²) in [5.74, 6) is -0.754. The molecule has 5 heteroatoms. The van der Waals surface area contributed by atoms with Crippen LogP contribution < -0.4 is 4.74 Å². The maximum atomic E-state index is 10.7. The van der Waals surface area contributed by atoms with E-state index in [1.54, 1.807) is 18.3 Å². The van der Waals surface area contributed by atoms with Crippen LogP contribution in [0.4, 0.5) is 0 Å². The quantitative estimate of drug-likeness (QED) is 0.868. The zero-order chi connectivity index (χ0) is 12.8. The van der Waals surface area contributed by atoms with Crippen LogP contribution in [0.25, 0.3) is 0 Å². The summed E-state index contributed by atoms with van der Waals surface area (Å²) < 4.78 is 5.39. The van der Waals surface area contributed by atoms with Crippen LogP contribution in [0.2, 0.25) is 0 Å². The summed E-state index contributed by atoms with van der Waals surface area (Å²) in [7, 11) is 0. The predicted molar refractivity (Wildman–Crippen MR) is 64.6 cm³/mol. The lowest BCUT2D eigenvalue weighted by atomic mass is 10.3. The van der Waals surface area contributed by atoms with Crippen LogP contribution in [0.15, 0.2) is 42.6 Å². The molecule has 2 rings (SSSR count). The van der Waals surface area contributed by atoms with E-state index in [1.165, 1.54) is 6.07 Å². The van der Waals surface area contributed by atoms with Crippen molar-refractivity contribution in [3.05, 3.63) is 54.0 Å². The molecule has 5 nitrogen and oxygen atoms in total. The minimum Gasteiger partial charge on any atom is -0.477 e. The van der Waals surface area contributed by atoms with Gasteiger partial charge in [-0.25, -0.2) is 9.78 Å². The van der Waals surface area contributed by atoms with Crippen LogP contribution in [0.1, 0.15) is 16.2 Å². The Morgan fingerprint density at radius 2 is 2.11 bits per heavy atom. The number of ether oxygens (including phenoxy) is 1. The summed E-state index contributed by atoms with van der Waals surface area (Å²) >= 11 is 0. The van der Waals surface area contributed by atoms with Crippen molar-refractivity contribution in [2.24, 2.45) is 0 Å². The highest BCUT2D eigenvalue weighted by atomic mass is 16.5. The minimum atomic E-state index is -1.06. The molecule has 0 aliphatic carbocycles. The van der Waals surface area contributed by atoms with E-state index >= 15 is 0 Å². The van der Waals surface area contributed by atoms with E-state index in [1.807, 2.05) is 18.2 Å². The number of hydrogen-bond acceptors (Lipinski definition) is 4. The summed E-state index contributed by atoms with van der Waals surface area (Å²) in [4.78, 5) is 18.7. The molecular weight excluding hydrogens is 232 g/mol. The fourth-order valence-electron chi connectivity index (χ4n) is 1.42. The van der Waals surface area contributed by atoms with Crippen molar-refractivity contribution in [3.63, 3.8) is 0 Å². The van der Waals surface area contributed by atoms with E-state index in [0.29, 0.717) is 18.9 Å². The van der Waals surface area contributed by atoms with Crippen molar-refractivity contribution in [1.29, 1.82) is 0 Å². The molecule has 2 aromatic heterocycles. The van der Waals surface area contributed by atoms with Gasteiger partial charge in [0.15, 0.2) is 5.69 Å². The maximum absolute atomic E-state index is 10.7. The molecule has 0 aromatic carbocycles. The van der Waals surface area contributed by atoms with Gasteiger partial charge in [-0.05, 0) is 18.2 Å². The first-order valence-corrected chi connectivity index (χ1v) is 5.49. The normalized spacial score (nSPS) is 10.0. The second-order valence-corrected chi connectivity index (χ2v) is 3.59. The molecule has 0 saturated heterocycles. The van der Waals surface area contributed by atoms with Crippen LogP contribution >= 0.6 is 0 Å². The molecule has 0 aliphatic rings. The second-order valence-electron chi connectivity index (χ2n) is 3.59. The molecule has 2 heterocycles. The zero-order valence-corrected chi connectivity index (χ0v) is 9.61. The Labute approximate surface area is 104 Å². The molecule has 0 bridgehead atoms. The number of carboxylic acids is 1. The summed E-state index contributed by atoms with van der Waals surface area (Å²) in [6.45, 7) is 0.410. The van der Waals surface area contributed by atoms with Gasteiger partial charge >= 0.3 is 5.97 Å². The first kappa shape index (κ1) is 12.0. The SMILES string of the molecule is O=C(O)c1cccc(OCCc2ccccn2)n1. The Balaban J connectivity index is 1.90. The molecule has 0 amide bonds. The number of nitrogens with zero attached hydrogens (tertiary/aromatic N) is 2. The van der Waals surface area contributed by atoms with Crippen molar-refractivity contribution in [3.8, 4) is 5.88 Å². The van der Waals surface area contributed by atoms with Crippen molar-refractivity contribution in [2.45, 2.75) is 6.42 Å². The van der Waals surface area contributed by atoms with E-state index < -0.39 is 5.97 Å². The van der Waals surface area contributed by atoms with Gasteiger partial charge in [-0.15, -0.1) is 0 Å². The Kier molecular flexibility index (Phi) is 3.86. The molecule has 0 saturated carbocycles. The van der Waals surface area contributed by atoms with E-state index in [2.05, 4.69) is 9.97 Å². The summed E-state index contributed by atoms with van der Waals surface area (Å²) in [5, 5.41) is 8.78. The minimum absolute atomic E-state index is 0.0228. The molecule has 0 atom stereocenters. The molecule has 0 radical (unpaired) electrons. The number of pyridine rings is 2. The van der Waals surface area contributed by atoms with E-state index in [9.17, 15) is 4.79 Å². The lowest BCUT2D eigenvalue weighted by Crippen LogP contribution is -2.06. The monoisotopic (exact) mass is 244 g/mol. The number of rotatable bonds is 5.